The maximum absolute atomic E-state index is 13.1. The predicted molar refractivity (Wildman–Crippen MR) is 114 cm³/mol. The molecule has 7 nitrogen and oxygen atoms in total. The molecular weight excluding hydrogens is 414 g/mol. The third-order valence-electron chi connectivity index (χ3n) is 7.07. The minimum absolute atomic E-state index is 0.0887. The first kappa shape index (κ1) is 22.3. The summed E-state index contributed by atoms with van der Waals surface area (Å²) in [6.45, 7) is 4.97. The van der Waals surface area contributed by atoms with Crippen molar-refractivity contribution in [3.05, 3.63) is 35.5 Å². The molecule has 0 bridgehead atoms. The molecule has 0 aliphatic heterocycles. The van der Waals surface area contributed by atoms with Gasteiger partial charge in [-0.2, -0.15) is 5.26 Å². The Morgan fingerprint density at radius 2 is 2.09 bits per heavy atom. The van der Waals surface area contributed by atoms with E-state index < -0.39 is 12.5 Å². The second-order valence-electron chi connectivity index (χ2n) is 9.84. The lowest BCUT2D eigenvalue weighted by Crippen LogP contribution is -2.23. The fourth-order valence-electron chi connectivity index (χ4n) is 4.95. The molecule has 4 rings (SSSR count). The van der Waals surface area contributed by atoms with Crippen LogP contribution in [0.15, 0.2) is 18.7 Å². The summed E-state index contributed by atoms with van der Waals surface area (Å²) in [5.74, 6) is -2.00. The van der Waals surface area contributed by atoms with Crippen LogP contribution in [0.4, 0.5) is 14.7 Å². The van der Waals surface area contributed by atoms with Crippen LogP contribution in [0.2, 0.25) is 0 Å². The van der Waals surface area contributed by atoms with Crippen molar-refractivity contribution in [2.45, 2.75) is 65.3 Å². The monoisotopic (exact) mass is 442 g/mol. The van der Waals surface area contributed by atoms with Crippen molar-refractivity contribution in [1.82, 2.24) is 19.9 Å². The molecule has 32 heavy (non-hydrogen) atoms. The summed E-state index contributed by atoms with van der Waals surface area (Å²) < 4.78 is 31.4. The molecule has 2 aliphatic carbocycles. The summed E-state index contributed by atoms with van der Waals surface area (Å²) in [4.78, 5) is 16.7. The first-order chi connectivity index (χ1) is 15.1. The zero-order valence-electron chi connectivity index (χ0n) is 18.7. The van der Waals surface area contributed by atoms with Crippen LogP contribution >= 0.6 is 0 Å². The van der Waals surface area contributed by atoms with Crippen molar-refractivity contribution in [2.75, 3.05) is 11.9 Å². The lowest BCUT2D eigenvalue weighted by molar-refractivity contribution is -0.0245. The Kier molecular flexibility index (Phi) is 5.74. The van der Waals surface area contributed by atoms with Crippen LogP contribution in [0.5, 0.6) is 5.88 Å². The Bertz CT molecular complexity index is 1040. The molecule has 2 aromatic heterocycles. The number of hydrogen-bond acceptors (Lipinski definition) is 7. The third-order valence-corrected chi connectivity index (χ3v) is 7.07. The number of fused-ring (bicyclic) bond motifs is 1. The number of aromatic nitrogens is 4. The molecule has 9 heteroatoms. The van der Waals surface area contributed by atoms with Gasteiger partial charge in [0.2, 0.25) is 11.8 Å². The summed E-state index contributed by atoms with van der Waals surface area (Å²) in [6, 6.07) is 2.20. The molecule has 0 saturated heterocycles. The molecule has 1 N–H and O–H groups in total. The molecule has 2 saturated carbocycles. The average molecular weight is 443 g/mol. The number of rotatable bonds is 8. The van der Waals surface area contributed by atoms with Crippen LogP contribution in [-0.2, 0) is 13.0 Å². The quantitative estimate of drug-likeness (QED) is 0.641. The molecule has 0 radical (unpaired) electrons. The zero-order valence-corrected chi connectivity index (χ0v) is 18.7. The van der Waals surface area contributed by atoms with Crippen LogP contribution in [0.3, 0.4) is 0 Å². The molecule has 170 valence electrons. The highest BCUT2D eigenvalue weighted by Crippen LogP contribution is 2.71. The van der Waals surface area contributed by atoms with Gasteiger partial charge in [0.15, 0.2) is 6.61 Å². The maximum Gasteiger partial charge on any atom is 0.278 e. The fourth-order valence-corrected chi connectivity index (χ4v) is 4.95. The number of anilines is 1. The highest BCUT2D eigenvalue weighted by molar-refractivity contribution is 5.38. The van der Waals surface area contributed by atoms with Crippen molar-refractivity contribution in [3.63, 3.8) is 0 Å². The van der Waals surface area contributed by atoms with Gasteiger partial charge in [0, 0.05) is 19.7 Å². The van der Waals surface area contributed by atoms with Gasteiger partial charge >= 0.3 is 0 Å². The molecule has 3 atom stereocenters. The minimum Gasteiger partial charge on any atom is -0.471 e. The molecule has 0 spiro atoms. The van der Waals surface area contributed by atoms with Crippen molar-refractivity contribution in [3.8, 4) is 11.9 Å². The molecule has 0 amide bonds. The van der Waals surface area contributed by atoms with Crippen LogP contribution in [-0.4, -0.2) is 32.5 Å². The summed E-state index contributed by atoms with van der Waals surface area (Å²) in [6.07, 6.45) is 9.85. The minimum atomic E-state index is -2.96. The number of halogens is 2. The SMILES string of the molecule is CC(F)(F)COc1ncncc1CNc1ncc(C#N)c(C[C@@H]2CC[C@]3(C)CC3(C)C2)n1. The largest absolute Gasteiger partial charge is 0.471 e. The Morgan fingerprint density at radius 3 is 2.81 bits per heavy atom. The molecule has 2 aliphatic rings. The summed E-state index contributed by atoms with van der Waals surface area (Å²) >= 11 is 0. The molecule has 2 heterocycles. The Hall–Kier alpha value is -2.89. The lowest BCUT2D eigenvalue weighted by Gasteiger charge is -2.31. The third kappa shape index (κ3) is 4.79. The van der Waals surface area contributed by atoms with Crippen molar-refractivity contribution in [2.24, 2.45) is 16.7 Å². The van der Waals surface area contributed by atoms with E-state index >= 15 is 0 Å². The Labute approximate surface area is 186 Å². The zero-order chi connectivity index (χ0) is 23.0. The van der Waals surface area contributed by atoms with E-state index in [0.717, 1.165) is 31.9 Å². The van der Waals surface area contributed by atoms with E-state index in [1.807, 2.05) is 0 Å². The summed E-state index contributed by atoms with van der Waals surface area (Å²) in [7, 11) is 0. The van der Waals surface area contributed by atoms with Crippen LogP contribution in [0, 0.1) is 28.1 Å². The van der Waals surface area contributed by atoms with Gasteiger partial charge < -0.3 is 10.1 Å². The number of nitrogens with zero attached hydrogens (tertiary/aromatic N) is 5. The highest BCUT2D eigenvalue weighted by Gasteiger charge is 2.62. The second kappa shape index (κ2) is 8.23. The van der Waals surface area contributed by atoms with Gasteiger partial charge in [-0.05, 0) is 48.9 Å². The van der Waals surface area contributed by atoms with Crippen molar-refractivity contribution < 1.29 is 13.5 Å². The van der Waals surface area contributed by atoms with Gasteiger partial charge in [-0.3, -0.25) is 0 Å². The normalized spacial score (nSPS) is 26.7. The predicted octanol–water partition coefficient (Wildman–Crippen LogP) is 4.54. The van der Waals surface area contributed by atoms with E-state index in [2.05, 4.69) is 45.2 Å². The Morgan fingerprint density at radius 1 is 1.28 bits per heavy atom. The first-order valence-corrected chi connectivity index (χ1v) is 10.9. The lowest BCUT2D eigenvalue weighted by atomic mass is 9.74. The smallest absolute Gasteiger partial charge is 0.278 e. The van der Waals surface area contributed by atoms with Crippen molar-refractivity contribution in [1.29, 1.82) is 5.26 Å². The summed E-state index contributed by atoms with van der Waals surface area (Å²) in [5, 5.41) is 12.6. The van der Waals surface area contributed by atoms with Crippen LogP contribution < -0.4 is 10.1 Å². The average Bonchev–Trinajstić information content (AvgIpc) is 3.32. The fraction of sp³-hybridized carbons (Fsp3) is 0.609. The number of ether oxygens (including phenoxy) is 1. The number of nitrogens with one attached hydrogen (secondary N) is 1. The van der Waals surface area contributed by atoms with Gasteiger partial charge in [0.25, 0.3) is 5.92 Å². The second-order valence-corrected chi connectivity index (χ2v) is 9.84. The van der Waals surface area contributed by atoms with Crippen LogP contribution in [0.1, 0.15) is 63.3 Å². The van der Waals surface area contributed by atoms with Gasteiger partial charge in [-0.25, -0.2) is 28.7 Å². The van der Waals surface area contributed by atoms with E-state index in [1.54, 1.807) is 0 Å². The highest BCUT2D eigenvalue weighted by atomic mass is 19.3. The van der Waals surface area contributed by atoms with Crippen LogP contribution in [0.25, 0.3) is 0 Å². The number of nitriles is 1. The maximum atomic E-state index is 13.1. The van der Waals surface area contributed by atoms with E-state index in [-0.39, 0.29) is 12.4 Å². The first-order valence-electron chi connectivity index (χ1n) is 10.9. The van der Waals surface area contributed by atoms with E-state index in [4.69, 9.17) is 4.74 Å². The van der Waals surface area contributed by atoms with E-state index in [9.17, 15) is 14.0 Å². The molecule has 2 aromatic rings. The van der Waals surface area contributed by atoms with Gasteiger partial charge in [0.05, 0.1) is 23.0 Å². The van der Waals surface area contributed by atoms with Crippen molar-refractivity contribution >= 4 is 5.95 Å². The molecule has 0 aromatic carbocycles. The Balaban J connectivity index is 1.43. The van der Waals surface area contributed by atoms with E-state index in [0.29, 0.717) is 33.8 Å². The molecule has 1 unspecified atom stereocenters. The topological polar surface area (TPSA) is 96.6 Å². The van der Waals surface area contributed by atoms with Gasteiger partial charge in [-0.15, -0.1) is 0 Å². The van der Waals surface area contributed by atoms with Gasteiger partial charge in [0.1, 0.15) is 12.4 Å². The molecule has 2 fully saturated rings. The number of alkyl halides is 2. The standard InChI is InChI=1S/C23H28F2N6O/c1-21-5-4-15(7-22(21,2)12-21)6-18-16(8-26)10-28-20(31-18)29-11-17-9-27-14-30-19(17)32-13-23(3,24)25/h9-10,14-15H,4-7,11-13H2,1-3H3,(H,28,29,31)/t15-,21+,22?/m0/s1. The number of hydrogen-bond donors (Lipinski definition) is 1. The van der Waals surface area contributed by atoms with Gasteiger partial charge in [-0.1, -0.05) is 13.8 Å². The van der Waals surface area contributed by atoms with E-state index in [1.165, 1.54) is 31.6 Å². The summed E-state index contributed by atoms with van der Waals surface area (Å²) in [5.41, 5.74) is 2.64. The molecular formula is C23H28F2N6O.